The molecule has 0 fully saturated rings. The maximum Gasteiger partial charge on any atom is 0.472 e. The molecule has 2 atom stereocenters. The minimum absolute atomic E-state index is 0.0781. The van der Waals surface area contributed by atoms with E-state index in [0.717, 1.165) is 83.5 Å². The highest BCUT2D eigenvalue weighted by Gasteiger charge is 2.25. The number of ether oxygens (including phenoxy) is 2. The van der Waals surface area contributed by atoms with Crippen LogP contribution in [0.1, 0.15) is 155 Å². The Balaban J connectivity index is 4.19. The molecule has 3 N–H and O–H groups in total. The van der Waals surface area contributed by atoms with Crippen molar-refractivity contribution < 1.29 is 32.8 Å². The molecule has 0 spiro atoms. The third-order valence-corrected chi connectivity index (χ3v) is 9.66. The zero-order chi connectivity index (χ0) is 42.3. The molecule has 0 aliphatic carbocycles. The molecule has 0 saturated carbocycles. The number of unbranched alkanes of at least 4 members (excludes halogenated alkanes) is 10. The van der Waals surface area contributed by atoms with Crippen LogP contribution in [-0.4, -0.2) is 49.9 Å². The maximum atomic E-state index is 12.6. The molecule has 0 radical (unpaired) electrons. The van der Waals surface area contributed by atoms with E-state index in [-0.39, 0.29) is 32.8 Å². The number of esters is 1. The second-order valence-corrected chi connectivity index (χ2v) is 15.6. The number of hydrogen-bond acceptors (Lipinski definition) is 7. The van der Waals surface area contributed by atoms with E-state index in [0.29, 0.717) is 13.0 Å². The number of nitrogens with two attached hydrogens (primary N) is 1. The molecule has 2 unspecified atom stereocenters. The fourth-order valence-corrected chi connectivity index (χ4v) is 6.19. The van der Waals surface area contributed by atoms with Crippen LogP contribution in [0.15, 0.2) is 109 Å². The van der Waals surface area contributed by atoms with Gasteiger partial charge in [0.05, 0.1) is 19.8 Å². The lowest BCUT2D eigenvalue weighted by atomic mass is 10.1. The van der Waals surface area contributed by atoms with E-state index >= 15 is 0 Å². The van der Waals surface area contributed by atoms with Gasteiger partial charge in [-0.15, -0.1) is 0 Å². The topological polar surface area (TPSA) is 117 Å². The fourth-order valence-electron chi connectivity index (χ4n) is 5.43. The van der Waals surface area contributed by atoms with Gasteiger partial charge in [0.25, 0.3) is 0 Å². The van der Waals surface area contributed by atoms with Crippen LogP contribution in [-0.2, 0) is 27.9 Å². The van der Waals surface area contributed by atoms with Gasteiger partial charge in [0, 0.05) is 19.6 Å². The van der Waals surface area contributed by atoms with Crippen LogP contribution in [0.3, 0.4) is 0 Å². The standard InChI is InChI=1S/C49H82NO7P/c1-3-5-7-9-11-13-15-17-19-21-22-23-24-25-26-27-28-30-32-34-36-38-40-42-49(51)57-48(47-56-58(52,53)55-45-43-50)46-54-44-41-39-37-35-33-31-29-20-18-16-14-12-10-8-6-4-2/h5,7,11-14,17-20,22-23,25-26,28,30,34,36,48H,3-4,6,8-10,15-16,21,24,27,29,31-33,35,37-47,50H2,1-2H3,(H,52,53)/b7-5-,13-11-,14-12-,19-17-,20-18-,23-22-,26-25-,30-28-,36-34-. The first kappa shape index (κ1) is 55.2. The number of hydrogen-bond donors (Lipinski definition) is 2. The summed E-state index contributed by atoms with van der Waals surface area (Å²) in [7, 11) is -4.31. The van der Waals surface area contributed by atoms with Crippen molar-refractivity contribution in [1.29, 1.82) is 0 Å². The Morgan fingerprint density at radius 3 is 1.45 bits per heavy atom. The van der Waals surface area contributed by atoms with Crippen molar-refractivity contribution in [1.82, 2.24) is 0 Å². The monoisotopic (exact) mass is 828 g/mol. The van der Waals surface area contributed by atoms with E-state index in [2.05, 4.69) is 123 Å². The molecule has 9 heteroatoms. The summed E-state index contributed by atoms with van der Waals surface area (Å²) in [6.45, 7) is 4.64. The van der Waals surface area contributed by atoms with Gasteiger partial charge in [0.2, 0.25) is 0 Å². The highest BCUT2D eigenvalue weighted by atomic mass is 31.2. The summed E-state index contributed by atoms with van der Waals surface area (Å²) in [5, 5.41) is 0. The van der Waals surface area contributed by atoms with Crippen LogP contribution in [0.25, 0.3) is 0 Å². The van der Waals surface area contributed by atoms with Crippen LogP contribution in [0, 0.1) is 0 Å². The Kier molecular flexibility index (Phi) is 43.0. The third-order valence-electron chi connectivity index (χ3n) is 8.67. The van der Waals surface area contributed by atoms with Crippen molar-refractivity contribution >= 4 is 13.8 Å². The molecule has 0 rings (SSSR count). The van der Waals surface area contributed by atoms with Gasteiger partial charge in [-0.25, -0.2) is 4.57 Å². The average molecular weight is 828 g/mol. The van der Waals surface area contributed by atoms with Gasteiger partial charge < -0.3 is 20.1 Å². The highest BCUT2D eigenvalue weighted by molar-refractivity contribution is 7.47. The molecule has 58 heavy (non-hydrogen) atoms. The quantitative estimate of drug-likeness (QED) is 0.0271. The van der Waals surface area contributed by atoms with Crippen molar-refractivity contribution in [2.45, 2.75) is 161 Å². The molecule has 0 aromatic heterocycles. The van der Waals surface area contributed by atoms with Crippen LogP contribution in [0.5, 0.6) is 0 Å². The predicted molar refractivity (Wildman–Crippen MR) is 247 cm³/mol. The number of allylic oxidation sites excluding steroid dienone is 18. The zero-order valence-electron chi connectivity index (χ0n) is 36.5. The number of phosphoric acid groups is 1. The van der Waals surface area contributed by atoms with Crippen molar-refractivity contribution in [3.05, 3.63) is 109 Å². The van der Waals surface area contributed by atoms with Gasteiger partial charge in [-0.2, -0.15) is 0 Å². The SMILES string of the molecule is CC/C=C\C/C=C\C/C=C\C/C=C\C/C=C\C/C=C\C/C=C\CCCC(=O)OC(COCCCCCCCC/C=C\C/C=C\CCCCC)COP(=O)(O)OCCN. The molecular weight excluding hydrogens is 746 g/mol. The van der Waals surface area contributed by atoms with Crippen LogP contribution < -0.4 is 5.73 Å². The first-order valence-corrected chi connectivity index (χ1v) is 23.9. The van der Waals surface area contributed by atoms with Gasteiger partial charge in [-0.1, -0.05) is 162 Å². The molecule has 0 aliphatic heterocycles. The first-order chi connectivity index (χ1) is 28.4. The minimum Gasteiger partial charge on any atom is -0.457 e. The maximum absolute atomic E-state index is 12.6. The normalized spacial score (nSPS) is 14.5. The fraction of sp³-hybridized carbons (Fsp3) is 0.612. The lowest BCUT2D eigenvalue weighted by Crippen LogP contribution is -2.28. The number of carbonyl (C=O) groups excluding carboxylic acids is 1. The van der Waals surface area contributed by atoms with Crippen molar-refractivity contribution in [3.63, 3.8) is 0 Å². The smallest absolute Gasteiger partial charge is 0.457 e. The summed E-state index contributed by atoms with van der Waals surface area (Å²) < 4.78 is 33.4. The largest absolute Gasteiger partial charge is 0.472 e. The summed E-state index contributed by atoms with van der Waals surface area (Å²) in [6.07, 6.45) is 61.1. The van der Waals surface area contributed by atoms with Gasteiger partial charge in [0.15, 0.2) is 0 Å². The van der Waals surface area contributed by atoms with Crippen LogP contribution in [0.4, 0.5) is 0 Å². The zero-order valence-corrected chi connectivity index (χ0v) is 37.4. The lowest BCUT2D eigenvalue weighted by molar-refractivity contribution is -0.154. The van der Waals surface area contributed by atoms with E-state index in [9.17, 15) is 14.3 Å². The summed E-state index contributed by atoms with van der Waals surface area (Å²) >= 11 is 0. The van der Waals surface area contributed by atoms with E-state index < -0.39 is 19.9 Å². The number of phosphoric ester groups is 1. The Hall–Kier alpha value is -2.84. The highest BCUT2D eigenvalue weighted by Crippen LogP contribution is 2.43. The lowest BCUT2D eigenvalue weighted by Gasteiger charge is -2.20. The minimum atomic E-state index is -4.31. The molecular formula is C49H82NO7P. The van der Waals surface area contributed by atoms with Crippen molar-refractivity contribution in [2.24, 2.45) is 5.73 Å². The molecule has 0 aromatic carbocycles. The molecule has 8 nitrogen and oxygen atoms in total. The van der Waals surface area contributed by atoms with Crippen molar-refractivity contribution in [3.8, 4) is 0 Å². The van der Waals surface area contributed by atoms with Crippen LogP contribution in [0.2, 0.25) is 0 Å². The predicted octanol–water partition coefficient (Wildman–Crippen LogP) is 13.6. The summed E-state index contributed by atoms with van der Waals surface area (Å²) in [4.78, 5) is 22.5. The van der Waals surface area contributed by atoms with E-state index in [1.807, 2.05) is 0 Å². The molecule has 0 bridgehead atoms. The second kappa shape index (κ2) is 45.2. The molecule has 0 aromatic rings. The summed E-state index contributed by atoms with van der Waals surface area (Å²) in [5.41, 5.74) is 5.37. The number of rotatable bonds is 41. The molecule has 0 saturated heterocycles. The third kappa shape index (κ3) is 44.3. The van der Waals surface area contributed by atoms with Gasteiger partial charge in [0.1, 0.15) is 6.10 Å². The van der Waals surface area contributed by atoms with Crippen LogP contribution >= 0.6 is 7.82 Å². The Bertz CT molecular complexity index is 1250. The molecule has 0 amide bonds. The Labute approximate surface area is 354 Å². The van der Waals surface area contributed by atoms with E-state index in [1.54, 1.807) is 0 Å². The van der Waals surface area contributed by atoms with Gasteiger partial charge in [-0.05, 0) is 96.3 Å². The molecule has 0 heterocycles. The first-order valence-electron chi connectivity index (χ1n) is 22.4. The van der Waals surface area contributed by atoms with Gasteiger partial charge in [-0.3, -0.25) is 13.8 Å². The van der Waals surface area contributed by atoms with E-state index in [4.69, 9.17) is 24.3 Å². The number of carbonyl (C=O) groups is 1. The van der Waals surface area contributed by atoms with Crippen molar-refractivity contribution in [2.75, 3.05) is 33.0 Å². The molecule has 330 valence electrons. The molecule has 0 aliphatic rings. The Morgan fingerprint density at radius 1 is 0.534 bits per heavy atom. The Morgan fingerprint density at radius 2 is 0.966 bits per heavy atom. The van der Waals surface area contributed by atoms with Gasteiger partial charge >= 0.3 is 13.8 Å². The summed E-state index contributed by atoms with van der Waals surface area (Å²) in [5.74, 6) is -0.396. The average Bonchev–Trinajstić information content (AvgIpc) is 3.21. The van der Waals surface area contributed by atoms with E-state index in [1.165, 1.54) is 44.9 Å². The summed E-state index contributed by atoms with van der Waals surface area (Å²) in [6, 6.07) is 0. The second-order valence-electron chi connectivity index (χ2n) is 14.2.